The van der Waals surface area contributed by atoms with Gasteiger partial charge < -0.3 is 36.2 Å². The van der Waals surface area contributed by atoms with Crippen molar-refractivity contribution in [3.05, 3.63) is 99.5 Å². The Morgan fingerprint density at radius 1 is 1.14 bits per heavy atom. The Hall–Kier alpha value is -4.55. The van der Waals surface area contributed by atoms with Gasteiger partial charge in [-0.05, 0) is 35.8 Å². The number of carbonyl (C=O) groups is 5. The number of β-lactam (4-membered cyclic amide) rings is 1. The number of allylic oxidation sites excluding steroid dienone is 1. The van der Waals surface area contributed by atoms with Gasteiger partial charge in [0, 0.05) is 47.5 Å². The first kappa shape index (κ1) is 35.7. The summed E-state index contributed by atoms with van der Waals surface area (Å²) in [5.74, 6) is -4.25. The van der Waals surface area contributed by atoms with Crippen molar-refractivity contribution in [1.82, 2.24) is 20.1 Å². The summed E-state index contributed by atoms with van der Waals surface area (Å²) in [5.41, 5.74) is 7.51. The number of likely N-dealkylation sites (tertiary alicyclic amines) is 1. The number of hydrogen-bond donors (Lipinski definition) is 4. The van der Waals surface area contributed by atoms with Crippen molar-refractivity contribution in [2.24, 2.45) is 5.16 Å². The SMILES string of the molecule is Nc1nc(/C(=N/O)C(=O)N[C@@H]2C(=O)N3C(C(=O)[O-])=C(C=C4CCN(Cc5cc[n+](Cc6ccc(C(=O)O)cc6)cc5)C4=O)CS[C@H]23)cs1.[NaH]. The molecule has 15 nitrogen and oxygen atoms in total. The number of anilines is 1. The van der Waals surface area contributed by atoms with Gasteiger partial charge in [-0.3, -0.25) is 19.3 Å². The number of carbonyl (C=O) groups excluding carboxylic acids is 4. The van der Waals surface area contributed by atoms with Crippen molar-refractivity contribution in [2.75, 3.05) is 18.0 Å². The molecule has 0 spiro atoms. The molecule has 2 saturated heterocycles. The number of carboxylic acids is 2. The molecule has 0 radical (unpaired) electrons. The number of aromatic carboxylic acids is 1. The number of thiazole rings is 1. The van der Waals surface area contributed by atoms with Gasteiger partial charge in [0.15, 0.2) is 29.8 Å². The number of nitrogens with one attached hydrogen (secondary N) is 1. The zero-order chi connectivity index (χ0) is 34.1. The van der Waals surface area contributed by atoms with E-state index in [1.165, 1.54) is 23.2 Å². The molecule has 3 amide bonds. The molecule has 18 heteroatoms. The molecular formula is C31H28N7NaO8S2. The number of carboxylic acid groups (broad SMARTS) is 2. The van der Waals surface area contributed by atoms with E-state index in [0.29, 0.717) is 31.6 Å². The van der Waals surface area contributed by atoms with Crippen LogP contribution in [-0.4, -0.2) is 114 Å². The van der Waals surface area contributed by atoms with E-state index in [4.69, 9.17) is 10.8 Å². The number of fused-ring (bicyclic) bond motifs is 1. The predicted molar refractivity (Wildman–Crippen MR) is 176 cm³/mol. The summed E-state index contributed by atoms with van der Waals surface area (Å²) in [6.07, 6.45) is 5.63. The third-order valence-electron chi connectivity index (χ3n) is 8.02. The molecule has 3 aromatic rings. The van der Waals surface area contributed by atoms with Gasteiger partial charge in [0.1, 0.15) is 17.1 Å². The molecule has 3 aliphatic rings. The van der Waals surface area contributed by atoms with E-state index in [2.05, 4.69) is 15.5 Å². The predicted octanol–water partition coefficient (Wildman–Crippen LogP) is -0.948. The van der Waals surface area contributed by atoms with Gasteiger partial charge in [-0.15, -0.1) is 23.1 Å². The molecule has 248 valence electrons. The number of aliphatic carboxylic acids is 1. The second-order valence-corrected chi connectivity index (χ2v) is 13.1. The summed E-state index contributed by atoms with van der Waals surface area (Å²) in [6.45, 7) is 1.30. The number of oxime groups is 1. The first-order valence-corrected chi connectivity index (χ1v) is 16.4. The molecule has 3 aliphatic heterocycles. The van der Waals surface area contributed by atoms with Gasteiger partial charge in [-0.25, -0.2) is 14.3 Å². The Balaban J connectivity index is 0.00000468. The van der Waals surface area contributed by atoms with Crippen molar-refractivity contribution in [1.29, 1.82) is 0 Å². The van der Waals surface area contributed by atoms with Crippen LogP contribution < -0.4 is 20.7 Å². The van der Waals surface area contributed by atoms with Gasteiger partial charge in [0.2, 0.25) is 5.91 Å². The first-order valence-electron chi connectivity index (χ1n) is 14.5. The second-order valence-electron chi connectivity index (χ2n) is 11.1. The third kappa shape index (κ3) is 7.40. The number of thioether (sulfide) groups is 1. The van der Waals surface area contributed by atoms with E-state index in [1.807, 2.05) is 29.1 Å². The topological polar surface area (TPSA) is 223 Å². The van der Waals surface area contributed by atoms with E-state index >= 15 is 0 Å². The normalized spacial score (nSPS) is 19.8. The van der Waals surface area contributed by atoms with Crippen molar-refractivity contribution in [2.45, 2.75) is 30.9 Å². The standard InChI is InChI=1S/C31H27N7O8S2.Na.H/c32-31-33-21(15-48-31)22(35-46)25(39)34-23-27(41)38-24(30(44)45)20(14-47-28(23)38)11-19-7-10-37(26(19)40)13-17-5-8-36(9-6-17)12-16-1-3-18(4-2-16)29(42)43;;/h1-6,8-9,11,15,23,28H,7,10,12-14H2,(H5-,32,33,34,39,42,43,44,45,46);;/t23-,28-;;/m1../s1. The fraction of sp³-hybridized carbons (Fsp3) is 0.226. The minimum atomic E-state index is -1.58. The number of nitrogen functional groups attached to an aromatic ring is 1. The number of rotatable bonds is 10. The molecule has 2 aromatic heterocycles. The molecule has 5 heterocycles. The molecule has 1 aromatic carbocycles. The van der Waals surface area contributed by atoms with Crippen LogP contribution >= 0.6 is 23.1 Å². The molecule has 5 N–H and O–H groups in total. The van der Waals surface area contributed by atoms with Crippen LogP contribution in [0.2, 0.25) is 0 Å². The summed E-state index contributed by atoms with van der Waals surface area (Å²) >= 11 is 2.25. The Labute approximate surface area is 309 Å². The van der Waals surface area contributed by atoms with Gasteiger partial charge >= 0.3 is 35.5 Å². The van der Waals surface area contributed by atoms with Gasteiger partial charge in [-0.1, -0.05) is 17.3 Å². The van der Waals surface area contributed by atoms with E-state index in [-0.39, 0.29) is 68.9 Å². The number of aromatic nitrogens is 2. The molecule has 0 unspecified atom stereocenters. The molecule has 6 rings (SSSR count). The van der Waals surface area contributed by atoms with Gasteiger partial charge in [-0.2, -0.15) is 0 Å². The van der Waals surface area contributed by atoms with E-state index in [0.717, 1.165) is 27.4 Å². The number of nitrogens with zero attached hydrogens (tertiary/aromatic N) is 5. The fourth-order valence-corrected chi connectivity index (χ4v) is 7.46. The number of pyridine rings is 1. The number of amides is 3. The van der Waals surface area contributed by atoms with Crippen LogP contribution in [0.25, 0.3) is 0 Å². The van der Waals surface area contributed by atoms with E-state index < -0.39 is 40.9 Å². The van der Waals surface area contributed by atoms with Crippen molar-refractivity contribution in [3.63, 3.8) is 0 Å². The van der Waals surface area contributed by atoms with Crippen LogP contribution in [0.15, 0.2) is 82.2 Å². The van der Waals surface area contributed by atoms with Gasteiger partial charge in [0.05, 0.1) is 17.2 Å². The Bertz CT molecular complexity index is 1930. The summed E-state index contributed by atoms with van der Waals surface area (Å²) < 4.78 is 1.93. The molecule has 49 heavy (non-hydrogen) atoms. The Kier molecular flexibility index (Phi) is 10.9. The number of nitrogens with two attached hydrogens (primary N) is 1. The van der Waals surface area contributed by atoms with Gasteiger partial charge in [0.25, 0.3) is 11.8 Å². The quantitative estimate of drug-likeness (QED) is 0.0382. The van der Waals surface area contributed by atoms with Crippen LogP contribution in [0.5, 0.6) is 0 Å². The average Bonchev–Trinajstić information content (AvgIpc) is 3.65. The summed E-state index contributed by atoms with van der Waals surface area (Å²) in [7, 11) is 0. The average molecular weight is 714 g/mol. The first-order chi connectivity index (χ1) is 23.0. The molecule has 0 aliphatic carbocycles. The minimum absolute atomic E-state index is 0. The summed E-state index contributed by atoms with van der Waals surface area (Å²) in [5, 5.41) is 36.9. The molecule has 2 atom stereocenters. The van der Waals surface area contributed by atoms with E-state index in [9.17, 15) is 34.3 Å². The van der Waals surface area contributed by atoms with Crippen molar-refractivity contribution in [3.8, 4) is 0 Å². The Morgan fingerprint density at radius 3 is 2.47 bits per heavy atom. The molecule has 2 fully saturated rings. The van der Waals surface area contributed by atoms with E-state index in [1.54, 1.807) is 29.2 Å². The number of benzene rings is 1. The number of hydrogen-bond acceptors (Lipinski definition) is 12. The molecular weight excluding hydrogens is 686 g/mol. The third-order valence-corrected chi connectivity index (χ3v) is 9.99. The van der Waals surface area contributed by atoms with Crippen LogP contribution in [0.4, 0.5) is 5.13 Å². The maximum absolute atomic E-state index is 13.3. The van der Waals surface area contributed by atoms with Crippen molar-refractivity contribution >= 4 is 93.2 Å². The zero-order valence-electron chi connectivity index (χ0n) is 24.9. The van der Waals surface area contributed by atoms with Crippen LogP contribution in [-0.2, 0) is 32.3 Å². The van der Waals surface area contributed by atoms with Crippen LogP contribution in [0, 0.1) is 0 Å². The Morgan fingerprint density at radius 2 is 1.86 bits per heavy atom. The monoisotopic (exact) mass is 713 g/mol. The molecule has 0 bridgehead atoms. The van der Waals surface area contributed by atoms with Crippen molar-refractivity contribution < 1.29 is 44.0 Å². The fourth-order valence-electron chi connectivity index (χ4n) is 5.61. The van der Waals surface area contributed by atoms with Crippen LogP contribution in [0.3, 0.4) is 0 Å². The second kappa shape index (κ2) is 14.9. The van der Waals surface area contributed by atoms with Crippen LogP contribution in [0.1, 0.15) is 33.6 Å². The maximum atomic E-state index is 13.3. The summed E-state index contributed by atoms with van der Waals surface area (Å²) in [6, 6.07) is 9.31. The molecule has 0 saturated carbocycles. The summed E-state index contributed by atoms with van der Waals surface area (Å²) in [4.78, 5) is 69.1. The zero-order valence-corrected chi connectivity index (χ0v) is 26.6.